The van der Waals surface area contributed by atoms with Crippen molar-refractivity contribution in [3.05, 3.63) is 69.9 Å². The van der Waals surface area contributed by atoms with E-state index in [-0.39, 0.29) is 11.7 Å². The quantitative estimate of drug-likeness (QED) is 0.315. The van der Waals surface area contributed by atoms with Crippen molar-refractivity contribution >= 4 is 34.4 Å². The molecule has 0 aliphatic carbocycles. The minimum atomic E-state index is -0.0716. The molecule has 0 saturated heterocycles. The molecule has 31 heavy (non-hydrogen) atoms. The highest BCUT2D eigenvalue weighted by molar-refractivity contribution is 7.99. The first-order valence-electron chi connectivity index (χ1n) is 10.1. The number of aromatic nitrogens is 5. The number of nitrogens with one attached hydrogen (secondary N) is 1. The van der Waals surface area contributed by atoms with Gasteiger partial charge in [-0.05, 0) is 63.8 Å². The van der Waals surface area contributed by atoms with Crippen LogP contribution in [0.4, 0.5) is 0 Å². The number of hydrogen-bond donors (Lipinski definition) is 1. The molecule has 9 heteroatoms. The Balaban J connectivity index is 1.52. The van der Waals surface area contributed by atoms with Gasteiger partial charge in [-0.15, -0.1) is 10.2 Å². The second kappa shape index (κ2) is 9.30. The van der Waals surface area contributed by atoms with Crippen LogP contribution in [0.5, 0.6) is 0 Å². The predicted molar refractivity (Wildman–Crippen MR) is 126 cm³/mol. The molecule has 4 rings (SSSR count). The first-order chi connectivity index (χ1) is 15.0. The van der Waals surface area contributed by atoms with Crippen molar-refractivity contribution in [1.82, 2.24) is 29.2 Å². The van der Waals surface area contributed by atoms with Crippen LogP contribution in [0.2, 0.25) is 5.02 Å². The lowest BCUT2D eigenvalue weighted by Gasteiger charge is -2.20. The lowest BCUT2D eigenvalue weighted by atomic mass is 10.2. The second-order valence-corrected chi connectivity index (χ2v) is 9.09. The Morgan fingerprint density at radius 1 is 1.13 bits per heavy atom. The molecule has 0 bridgehead atoms. The summed E-state index contributed by atoms with van der Waals surface area (Å²) in [7, 11) is 4.05. The highest BCUT2D eigenvalue weighted by Crippen LogP contribution is 2.28. The minimum absolute atomic E-state index is 0.0716. The topological polar surface area (TPSA) is 71.7 Å². The lowest BCUT2D eigenvalue weighted by molar-refractivity contribution is 0.305. The third kappa shape index (κ3) is 4.56. The summed E-state index contributed by atoms with van der Waals surface area (Å²) in [5.41, 5.74) is 2.71. The van der Waals surface area contributed by atoms with Crippen LogP contribution >= 0.6 is 23.4 Å². The van der Waals surface area contributed by atoms with Crippen LogP contribution in [0, 0.1) is 0 Å². The Hall–Kier alpha value is -2.55. The van der Waals surface area contributed by atoms with E-state index in [1.54, 1.807) is 16.3 Å². The molecule has 4 aromatic rings. The van der Waals surface area contributed by atoms with E-state index in [0.717, 1.165) is 39.9 Å². The van der Waals surface area contributed by atoms with Gasteiger partial charge in [0.25, 0.3) is 0 Å². The van der Waals surface area contributed by atoms with E-state index in [1.165, 1.54) is 0 Å². The molecule has 2 aromatic carbocycles. The molecule has 1 unspecified atom stereocenters. The van der Waals surface area contributed by atoms with Crippen LogP contribution in [-0.2, 0) is 6.54 Å². The molecule has 7 nitrogen and oxygen atoms in total. The molecule has 0 radical (unpaired) electrons. The third-order valence-corrected chi connectivity index (χ3v) is 6.60. The maximum atomic E-state index is 12.3. The second-order valence-electron chi connectivity index (χ2n) is 7.59. The van der Waals surface area contributed by atoms with Gasteiger partial charge in [0, 0.05) is 23.0 Å². The first-order valence-corrected chi connectivity index (χ1v) is 11.5. The van der Waals surface area contributed by atoms with E-state index in [0.29, 0.717) is 11.6 Å². The fraction of sp³-hybridized carbons (Fsp3) is 0.318. The van der Waals surface area contributed by atoms with Crippen LogP contribution in [0.15, 0.2) is 58.5 Å². The summed E-state index contributed by atoms with van der Waals surface area (Å²) in [6, 6.07) is 15.6. The zero-order valence-corrected chi connectivity index (χ0v) is 19.3. The largest absolute Gasteiger partial charge is 0.326 e. The SMILES string of the molecule is CC(c1nnc(SCCCn2c(=O)[nH]c3ccccc32)n1-c1ccc(Cl)cc1)N(C)C. The molecule has 0 spiro atoms. The third-order valence-electron chi connectivity index (χ3n) is 5.33. The maximum Gasteiger partial charge on any atom is 0.326 e. The van der Waals surface area contributed by atoms with Crippen LogP contribution in [0.25, 0.3) is 16.7 Å². The summed E-state index contributed by atoms with van der Waals surface area (Å²) >= 11 is 7.73. The average Bonchev–Trinajstić information content (AvgIpc) is 3.31. The van der Waals surface area contributed by atoms with E-state index in [2.05, 4.69) is 31.6 Å². The number of para-hydroxylation sites is 2. The number of thioether (sulfide) groups is 1. The van der Waals surface area contributed by atoms with Crippen molar-refractivity contribution in [3.8, 4) is 5.69 Å². The van der Waals surface area contributed by atoms with Gasteiger partial charge in [0.1, 0.15) is 0 Å². The van der Waals surface area contributed by atoms with Gasteiger partial charge in [0.05, 0.1) is 17.1 Å². The zero-order chi connectivity index (χ0) is 22.0. The Bertz CT molecular complexity index is 1230. The summed E-state index contributed by atoms with van der Waals surface area (Å²) in [5, 5.41) is 10.5. The fourth-order valence-electron chi connectivity index (χ4n) is 3.42. The predicted octanol–water partition coefficient (Wildman–Crippen LogP) is 4.37. The summed E-state index contributed by atoms with van der Waals surface area (Å²) in [6.45, 7) is 2.75. The van der Waals surface area contributed by atoms with Gasteiger partial charge < -0.3 is 4.98 Å². The van der Waals surface area contributed by atoms with Crippen molar-refractivity contribution in [2.45, 2.75) is 31.1 Å². The Labute approximate surface area is 190 Å². The molecule has 2 heterocycles. The van der Waals surface area contributed by atoms with E-state index >= 15 is 0 Å². The number of H-pyrrole nitrogens is 1. The summed E-state index contributed by atoms with van der Waals surface area (Å²) in [4.78, 5) is 17.3. The Morgan fingerprint density at radius 2 is 1.87 bits per heavy atom. The van der Waals surface area contributed by atoms with Gasteiger partial charge in [-0.25, -0.2) is 4.79 Å². The molecule has 0 amide bonds. The molecule has 0 fully saturated rings. The molecule has 0 aliphatic heterocycles. The number of hydrogen-bond acceptors (Lipinski definition) is 5. The highest BCUT2D eigenvalue weighted by atomic mass is 35.5. The van der Waals surface area contributed by atoms with Crippen LogP contribution in [0.3, 0.4) is 0 Å². The molecule has 0 aliphatic rings. The van der Waals surface area contributed by atoms with Crippen molar-refractivity contribution < 1.29 is 0 Å². The number of aromatic amines is 1. The number of imidazole rings is 1. The molecule has 162 valence electrons. The standard InChI is InChI=1S/C22H25ClN6OS/c1-15(27(2)3)20-25-26-22(29(20)17-11-9-16(23)10-12-17)31-14-6-13-28-19-8-5-4-7-18(19)24-21(28)30/h4-5,7-12,15H,6,13-14H2,1-3H3,(H,24,30). The van der Waals surface area contributed by atoms with Gasteiger partial charge >= 0.3 is 5.69 Å². The van der Waals surface area contributed by atoms with Gasteiger partial charge in [-0.2, -0.15) is 0 Å². The maximum absolute atomic E-state index is 12.3. The van der Waals surface area contributed by atoms with Gasteiger partial charge in [-0.1, -0.05) is 35.5 Å². The number of halogens is 1. The number of rotatable bonds is 8. The van der Waals surface area contributed by atoms with Crippen LogP contribution < -0.4 is 5.69 Å². The summed E-state index contributed by atoms with van der Waals surface area (Å²) in [6.07, 6.45) is 0.832. The lowest BCUT2D eigenvalue weighted by Crippen LogP contribution is -2.20. The van der Waals surface area contributed by atoms with Crippen molar-refractivity contribution in [2.24, 2.45) is 0 Å². The van der Waals surface area contributed by atoms with E-state index in [4.69, 9.17) is 11.6 Å². The Morgan fingerprint density at radius 3 is 2.61 bits per heavy atom. The highest BCUT2D eigenvalue weighted by Gasteiger charge is 2.21. The summed E-state index contributed by atoms with van der Waals surface area (Å²) in [5.74, 6) is 1.69. The fourth-order valence-corrected chi connectivity index (χ4v) is 4.43. The van der Waals surface area contributed by atoms with Crippen molar-refractivity contribution in [3.63, 3.8) is 0 Å². The first kappa shape index (κ1) is 21.7. The normalized spacial score (nSPS) is 12.7. The molecule has 2 aromatic heterocycles. The van der Waals surface area contributed by atoms with Gasteiger partial charge in [0.2, 0.25) is 0 Å². The van der Waals surface area contributed by atoms with Crippen molar-refractivity contribution in [1.29, 1.82) is 0 Å². The smallest absolute Gasteiger partial charge is 0.306 e. The zero-order valence-electron chi connectivity index (χ0n) is 17.7. The van der Waals surface area contributed by atoms with Gasteiger partial charge in [0.15, 0.2) is 11.0 Å². The molecular formula is C22H25ClN6OS. The molecular weight excluding hydrogens is 432 g/mol. The number of aryl methyl sites for hydroxylation is 1. The number of nitrogens with zero attached hydrogens (tertiary/aromatic N) is 5. The Kier molecular flexibility index (Phi) is 6.50. The van der Waals surface area contributed by atoms with Crippen molar-refractivity contribution in [2.75, 3.05) is 19.8 Å². The van der Waals surface area contributed by atoms with Gasteiger partial charge in [-0.3, -0.25) is 14.0 Å². The number of fused-ring (bicyclic) bond motifs is 1. The molecule has 1 N–H and O–H groups in total. The monoisotopic (exact) mass is 456 g/mol. The minimum Gasteiger partial charge on any atom is -0.306 e. The average molecular weight is 457 g/mol. The van der Waals surface area contributed by atoms with E-state index in [9.17, 15) is 4.79 Å². The molecule has 0 saturated carbocycles. The van der Waals surface area contributed by atoms with E-state index < -0.39 is 0 Å². The van der Waals surface area contributed by atoms with Crippen LogP contribution in [0.1, 0.15) is 25.2 Å². The molecule has 1 atom stereocenters. The number of benzene rings is 2. The van der Waals surface area contributed by atoms with Crippen LogP contribution in [-0.4, -0.2) is 49.1 Å². The summed E-state index contributed by atoms with van der Waals surface area (Å²) < 4.78 is 3.88. The van der Waals surface area contributed by atoms with E-state index in [1.807, 2.05) is 62.6 Å².